The van der Waals surface area contributed by atoms with E-state index in [2.05, 4.69) is 20.9 Å². The number of halogens is 3. The Bertz CT molecular complexity index is 324. The number of hydrogen-bond acceptors (Lipinski definition) is 2. The molecule has 1 aromatic rings. The van der Waals surface area contributed by atoms with E-state index in [1.165, 1.54) is 12.3 Å². The standard InChI is InChI=1S/C9H8BrF2NO/c1-5(10)8(14)6-2-3-7(9(11)12)13-4-6/h2-5,9H,1H3/t5-/m1/s1. The molecule has 0 bridgehead atoms. The Labute approximate surface area is 88.5 Å². The normalized spacial score (nSPS) is 12.9. The smallest absolute Gasteiger partial charge is 0.280 e. The number of hydrogen-bond donors (Lipinski definition) is 0. The molecule has 76 valence electrons. The Kier molecular flexibility index (Phi) is 3.69. The fourth-order valence-corrected chi connectivity index (χ4v) is 1.17. The molecule has 0 amide bonds. The van der Waals surface area contributed by atoms with E-state index >= 15 is 0 Å². The van der Waals surface area contributed by atoms with E-state index in [-0.39, 0.29) is 16.3 Å². The number of aromatic nitrogens is 1. The van der Waals surface area contributed by atoms with Crippen molar-refractivity contribution in [1.82, 2.24) is 4.98 Å². The van der Waals surface area contributed by atoms with E-state index in [4.69, 9.17) is 0 Å². The molecule has 0 saturated heterocycles. The lowest BCUT2D eigenvalue weighted by atomic mass is 10.1. The fourth-order valence-electron chi connectivity index (χ4n) is 0.910. The Balaban J connectivity index is 2.89. The summed E-state index contributed by atoms with van der Waals surface area (Å²) in [7, 11) is 0. The van der Waals surface area contributed by atoms with Crippen LogP contribution >= 0.6 is 15.9 Å². The Morgan fingerprint density at radius 2 is 2.14 bits per heavy atom. The second kappa shape index (κ2) is 4.59. The van der Waals surface area contributed by atoms with Crippen LogP contribution in [0.4, 0.5) is 8.78 Å². The molecule has 1 aromatic heterocycles. The maximum atomic E-state index is 12.1. The first-order valence-electron chi connectivity index (χ1n) is 3.94. The first-order valence-corrected chi connectivity index (χ1v) is 4.86. The van der Waals surface area contributed by atoms with Gasteiger partial charge in [-0.15, -0.1) is 0 Å². The molecule has 1 heterocycles. The third-order valence-electron chi connectivity index (χ3n) is 1.66. The van der Waals surface area contributed by atoms with Gasteiger partial charge in [0.05, 0.1) is 4.83 Å². The third-order valence-corrected chi connectivity index (χ3v) is 2.07. The van der Waals surface area contributed by atoms with Crippen molar-refractivity contribution < 1.29 is 13.6 Å². The minimum absolute atomic E-state index is 0.168. The number of rotatable bonds is 3. The van der Waals surface area contributed by atoms with E-state index in [1.54, 1.807) is 6.92 Å². The van der Waals surface area contributed by atoms with Crippen LogP contribution in [0.5, 0.6) is 0 Å². The van der Waals surface area contributed by atoms with E-state index < -0.39 is 6.43 Å². The van der Waals surface area contributed by atoms with Gasteiger partial charge in [-0.25, -0.2) is 8.78 Å². The highest BCUT2D eigenvalue weighted by atomic mass is 79.9. The summed E-state index contributed by atoms with van der Waals surface area (Å²) in [6.07, 6.45) is -1.43. The van der Waals surface area contributed by atoms with Crippen LogP contribution in [0, 0.1) is 0 Å². The van der Waals surface area contributed by atoms with Crippen molar-refractivity contribution in [2.75, 3.05) is 0 Å². The predicted octanol–water partition coefficient (Wildman–Crippen LogP) is 2.99. The van der Waals surface area contributed by atoms with Crippen molar-refractivity contribution in [1.29, 1.82) is 0 Å². The predicted molar refractivity (Wildman–Crippen MR) is 51.9 cm³/mol. The summed E-state index contributed by atoms with van der Waals surface area (Å²) in [6, 6.07) is 2.52. The van der Waals surface area contributed by atoms with Gasteiger partial charge in [0, 0.05) is 11.8 Å². The van der Waals surface area contributed by atoms with Gasteiger partial charge >= 0.3 is 0 Å². The van der Waals surface area contributed by atoms with Crippen LogP contribution in [-0.2, 0) is 0 Å². The summed E-state index contributed by atoms with van der Waals surface area (Å²) < 4.78 is 24.2. The Hall–Kier alpha value is -0.840. The molecule has 0 saturated carbocycles. The number of carbonyl (C=O) groups is 1. The summed E-state index contributed by atoms with van der Waals surface area (Å²) >= 11 is 3.10. The van der Waals surface area contributed by atoms with Gasteiger partial charge in [-0.05, 0) is 19.1 Å². The van der Waals surface area contributed by atoms with Crippen LogP contribution in [0.15, 0.2) is 18.3 Å². The topological polar surface area (TPSA) is 30.0 Å². The lowest BCUT2D eigenvalue weighted by molar-refractivity contribution is 0.0994. The number of Topliss-reactive ketones (excluding diaryl/α,β-unsaturated/α-hetero) is 1. The zero-order valence-electron chi connectivity index (χ0n) is 7.38. The molecule has 0 fully saturated rings. The van der Waals surface area contributed by atoms with Crippen molar-refractivity contribution in [3.8, 4) is 0 Å². The second-order valence-electron chi connectivity index (χ2n) is 2.75. The molecule has 14 heavy (non-hydrogen) atoms. The lowest BCUT2D eigenvalue weighted by Crippen LogP contribution is -2.10. The minimum atomic E-state index is -2.60. The van der Waals surface area contributed by atoms with Crippen LogP contribution in [0.2, 0.25) is 0 Å². The summed E-state index contributed by atoms with van der Waals surface area (Å²) in [5.41, 5.74) is 0.0163. The molecule has 0 aromatic carbocycles. The number of alkyl halides is 3. The zero-order valence-corrected chi connectivity index (χ0v) is 8.96. The monoisotopic (exact) mass is 263 g/mol. The van der Waals surface area contributed by atoms with Crippen molar-refractivity contribution >= 4 is 21.7 Å². The zero-order chi connectivity index (χ0) is 10.7. The van der Waals surface area contributed by atoms with Crippen LogP contribution in [0.25, 0.3) is 0 Å². The molecule has 0 spiro atoms. The highest BCUT2D eigenvalue weighted by molar-refractivity contribution is 9.10. The molecule has 1 rings (SSSR count). The lowest BCUT2D eigenvalue weighted by Gasteiger charge is -2.03. The number of pyridine rings is 1. The highest BCUT2D eigenvalue weighted by Gasteiger charge is 2.14. The van der Waals surface area contributed by atoms with Gasteiger partial charge < -0.3 is 0 Å². The van der Waals surface area contributed by atoms with Crippen LogP contribution in [0.1, 0.15) is 29.4 Å². The number of ketones is 1. The molecule has 2 nitrogen and oxygen atoms in total. The summed E-state index contributed by atoms with van der Waals surface area (Å²) in [4.78, 5) is 14.5. The molecule has 0 radical (unpaired) electrons. The van der Waals surface area contributed by atoms with Crippen molar-refractivity contribution in [3.05, 3.63) is 29.6 Å². The fraction of sp³-hybridized carbons (Fsp3) is 0.333. The molecule has 0 aliphatic rings. The van der Waals surface area contributed by atoms with Gasteiger partial charge in [-0.2, -0.15) is 0 Å². The van der Waals surface area contributed by atoms with Crippen LogP contribution < -0.4 is 0 Å². The van der Waals surface area contributed by atoms with E-state index in [0.29, 0.717) is 5.56 Å². The quantitative estimate of drug-likeness (QED) is 0.620. The third kappa shape index (κ3) is 2.57. The molecule has 0 aliphatic heterocycles. The maximum absolute atomic E-state index is 12.1. The van der Waals surface area contributed by atoms with Gasteiger partial charge in [-0.1, -0.05) is 15.9 Å². The first-order chi connectivity index (χ1) is 6.52. The van der Waals surface area contributed by atoms with Gasteiger partial charge in [0.25, 0.3) is 6.43 Å². The summed E-state index contributed by atoms with van der Waals surface area (Å²) in [6.45, 7) is 1.67. The van der Waals surface area contributed by atoms with Gasteiger partial charge in [0.1, 0.15) is 5.69 Å². The maximum Gasteiger partial charge on any atom is 0.280 e. The number of carbonyl (C=O) groups excluding carboxylic acids is 1. The van der Waals surface area contributed by atoms with Gasteiger partial charge in [0.2, 0.25) is 0 Å². The average molecular weight is 264 g/mol. The first kappa shape index (κ1) is 11.2. The van der Waals surface area contributed by atoms with Crippen LogP contribution in [-0.4, -0.2) is 15.6 Å². The molecule has 1 atom stereocenters. The Morgan fingerprint density at radius 1 is 1.50 bits per heavy atom. The molecule has 0 unspecified atom stereocenters. The second-order valence-corrected chi connectivity index (χ2v) is 4.13. The van der Waals surface area contributed by atoms with Crippen LogP contribution in [0.3, 0.4) is 0 Å². The van der Waals surface area contributed by atoms with Crippen molar-refractivity contribution in [3.63, 3.8) is 0 Å². The van der Waals surface area contributed by atoms with E-state index in [0.717, 1.165) is 6.07 Å². The summed E-state index contributed by atoms with van der Waals surface area (Å²) in [5, 5.41) is 0. The van der Waals surface area contributed by atoms with Gasteiger partial charge in [0.15, 0.2) is 5.78 Å². The van der Waals surface area contributed by atoms with E-state index in [1.807, 2.05) is 0 Å². The van der Waals surface area contributed by atoms with E-state index in [9.17, 15) is 13.6 Å². The van der Waals surface area contributed by atoms with Crippen molar-refractivity contribution in [2.24, 2.45) is 0 Å². The molecule has 5 heteroatoms. The largest absolute Gasteiger partial charge is 0.293 e. The van der Waals surface area contributed by atoms with Gasteiger partial charge in [-0.3, -0.25) is 9.78 Å². The Morgan fingerprint density at radius 3 is 2.50 bits per heavy atom. The molecular formula is C9H8BrF2NO. The summed E-state index contributed by atoms with van der Waals surface area (Å²) in [5.74, 6) is -0.168. The molecule has 0 aliphatic carbocycles. The molecular weight excluding hydrogens is 256 g/mol. The van der Waals surface area contributed by atoms with Crippen molar-refractivity contribution in [2.45, 2.75) is 18.2 Å². The molecule has 0 N–H and O–H groups in total. The number of nitrogens with zero attached hydrogens (tertiary/aromatic N) is 1. The highest BCUT2D eigenvalue weighted by Crippen LogP contribution is 2.17. The SMILES string of the molecule is C[C@@H](Br)C(=O)c1ccc(C(F)F)nc1. The minimum Gasteiger partial charge on any atom is -0.293 e. The average Bonchev–Trinajstić information content (AvgIpc) is 2.16.